The van der Waals surface area contributed by atoms with E-state index in [0.717, 1.165) is 10.8 Å². The summed E-state index contributed by atoms with van der Waals surface area (Å²) in [6.07, 6.45) is -0.389. The maximum absolute atomic E-state index is 12.6. The van der Waals surface area contributed by atoms with Gasteiger partial charge in [-0.15, -0.1) is 0 Å². The Labute approximate surface area is 187 Å². The summed E-state index contributed by atoms with van der Waals surface area (Å²) in [5, 5.41) is 4.65. The minimum Gasteiger partial charge on any atom is -0.449 e. The molecule has 3 rings (SSSR count). The molecule has 1 amide bonds. The van der Waals surface area contributed by atoms with Crippen molar-refractivity contribution < 1.29 is 22.7 Å². The molecule has 0 aliphatic rings. The van der Waals surface area contributed by atoms with Gasteiger partial charge >= 0.3 is 5.97 Å². The quantitative estimate of drug-likeness (QED) is 0.499. The number of anilines is 1. The van der Waals surface area contributed by atoms with Crippen LogP contribution >= 0.6 is 0 Å². The molecule has 3 aromatic rings. The number of benzene rings is 3. The Morgan fingerprint density at radius 1 is 0.938 bits per heavy atom. The lowest BCUT2D eigenvalue weighted by atomic mass is 10.1. The second kappa shape index (κ2) is 9.93. The highest BCUT2D eigenvalue weighted by molar-refractivity contribution is 7.89. The van der Waals surface area contributed by atoms with Gasteiger partial charge in [-0.05, 0) is 56.0 Å². The van der Waals surface area contributed by atoms with Gasteiger partial charge in [-0.3, -0.25) is 4.79 Å². The van der Waals surface area contributed by atoms with Crippen LogP contribution in [0.3, 0.4) is 0 Å². The molecule has 0 aromatic heterocycles. The summed E-state index contributed by atoms with van der Waals surface area (Å²) in [6.45, 7) is 5.13. The molecule has 7 nitrogen and oxygen atoms in total. The predicted octanol–water partition coefficient (Wildman–Crippen LogP) is 4.10. The molecule has 8 heteroatoms. The Balaban J connectivity index is 1.65. The second-order valence-corrected chi connectivity index (χ2v) is 9.23. The van der Waals surface area contributed by atoms with Crippen LogP contribution in [0.2, 0.25) is 0 Å². The zero-order valence-corrected chi connectivity index (χ0v) is 19.0. The fourth-order valence-corrected chi connectivity index (χ4v) is 4.36. The highest BCUT2D eigenvalue weighted by Crippen LogP contribution is 2.23. The molecule has 0 spiro atoms. The third-order valence-electron chi connectivity index (χ3n) is 5.07. The van der Waals surface area contributed by atoms with Gasteiger partial charge in [0.1, 0.15) is 0 Å². The van der Waals surface area contributed by atoms with Gasteiger partial charge in [0.2, 0.25) is 10.0 Å². The molecule has 2 atom stereocenters. The van der Waals surface area contributed by atoms with Gasteiger partial charge in [-0.25, -0.2) is 17.9 Å². The zero-order valence-electron chi connectivity index (χ0n) is 18.2. The summed E-state index contributed by atoms with van der Waals surface area (Å²) in [5.74, 6) is -1.18. The van der Waals surface area contributed by atoms with Gasteiger partial charge in [0.05, 0.1) is 10.5 Å². The minimum atomic E-state index is -3.67. The van der Waals surface area contributed by atoms with Crippen LogP contribution in [-0.4, -0.2) is 32.4 Å². The molecular formula is C24H26N2O5S. The number of hydrogen-bond acceptors (Lipinski definition) is 5. The molecule has 2 N–H and O–H groups in total. The standard InChI is InChI=1S/C24H26N2O5S/c1-4-16(2)26-32(29,30)20-14-12-19(13-15-20)24(28)31-17(3)23(27)25-22-11-7-9-18-8-5-6-10-21(18)22/h5-17,26H,4H2,1-3H3,(H,25,27). The van der Waals surface area contributed by atoms with E-state index < -0.39 is 28.0 Å². The van der Waals surface area contributed by atoms with Gasteiger partial charge in [0, 0.05) is 17.1 Å². The number of carbonyl (C=O) groups is 2. The van der Waals surface area contributed by atoms with Crippen LogP contribution in [0.15, 0.2) is 71.6 Å². The Hall–Kier alpha value is -3.23. The van der Waals surface area contributed by atoms with Crippen molar-refractivity contribution in [2.45, 2.75) is 44.2 Å². The smallest absolute Gasteiger partial charge is 0.338 e. The second-order valence-electron chi connectivity index (χ2n) is 7.52. The molecule has 0 aliphatic heterocycles. The number of esters is 1. The fraction of sp³-hybridized carbons (Fsp3) is 0.250. The Morgan fingerprint density at radius 2 is 1.59 bits per heavy atom. The number of sulfonamides is 1. The highest BCUT2D eigenvalue weighted by Gasteiger charge is 2.21. The summed E-state index contributed by atoms with van der Waals surface area (Å²) < 4.78 is 32.5. The third-order valence-corrected chi connectivity index (χ3v) is 6.68. The predicted molar refractivity (Wildman–Crippen MR) is 124 cm³/mol. The summed E-state index contributed by atoms with van der Waals surface area (Å²) in [7, 11) is -3.67. The maximum Gasteiger partial charge on any atom is 0.338 e. The van der Waals surface area contributed by atoms with E-state index in [2.05, 4.69) is 10.0 Å². The lowest BCUT2D eigenvalue weighted by Crippen LogP contribution is -2.32. The first-order valence-corrected chi connectivity index (χ1v) is 11.8. The van der Waals surface area contributed by atoms with Gasteiger partial charge < -0.3 is 10.1 Å². The average Bonchev–Trinajstić information content (AvgIpc) is 2.79. The van der Waals surface area contributed by atoms with Crippen molar-refractivity contribution in [1.82, 2.24) is 4.72 Å². The van der Waals surface area contributed by atoms with Crippen molar-refractivity contribution in [3.05, 3.63) is 72.3 Å². The number of nitrogens with one attached hydrogen (secondary N) is 2. The molecule has 3 aromatic carbocycles. The lowest BCUT2D eigenvalue weighted by molar-refractivity contribution is -0.123. The monoisotopic (exact) mass is 454 g/mol. The Morgan fingerprint density at radius 3 is 2.28 bits per heavy atom. The molecule has 0 saturated carbocycles. The molecule has 0 saturated heterocycles. The number of hydrogen-bond donors (Lipinski definition) is 2. The van der Waals surface area contributed by atoms with E-state index in [1.807, 2.05) is 43.3 Å². The molecular weight excluding hydrogens is 428 g/mol. The highest BCUT2D eigenvalue weighted by atomic mass is 32.2. The third kappa shape index (κ3) is 5.52. The average molecular weight is 455 g/mol. The summed E-state index contributed by atoms with van der Waals surface area (Å²) >= 11 is 0. The summed E-state index contributed by atoms with van der Waals surface area (Å²) in [4.78, 5) is 25.1. The summed E-state index contributed by atoms with van der Waals surface area (Å²) in [6, 6.07) is 18.4. The van der Waals surface area contributed by atoms with E-state index >= 15 is 0 Å². The zero-order chi connectivity index (χ0) is 23.3. The Bertz CT molecular complexity index is 1220. The number of amides is 1. The van der Waals surface area contributed by atoms with E-state index in [4.69, 9.17) is 4.74 Å². The van der Waals surface area contributed by atoms with Crippen LogP contribution in [0, 0.1) is 0 Å². The first-order valence-electron chi connectivity index (χ1n) is 10.3. The maximum atomic E-state index is 12.6. The van der Waals surface area contributed by atoms with E-state index in [1.54, 1.807) is 13.0 Å². The lowest BCUT2D eigenvalue weighted by Gasteiger charge is -2.15. The molecule has 2 unspecified atom stereocenters. The van der Waals surface area contributed by atoms with Crippen molar-refractivity contribution in [1.29, 1.82) is 0 Å². The molecule has 0 heterocycles. The molecule has 0 bridgehead atoms. The SMILES string of the molecule is CCC(C)NS(=O)(=O)c1ccc(C(=O)OC(C)C(=O)Nc2cccc3ccccc23)cc1. The normalized spacial score (nSPS) is 13.3. The van der Waals surface area contributed by atoms with E-state index in [1.165, 1.54) is 31.2 Å². The van der Waals surface area contributed by atoms with Crippen LogP contribution in [0.4, 0.5) is 5.69 Å². The number of carbonyl (C=O) groups excluding carboxylic acids is 2. The summed E-state index contributed by atoms with van der Waals surface area (Å²) in [5.41, 5.74) is 0.775. The van der Waals surface area contributed by atoms with Gasteiger partial charge in [-0.2, -0.15) is 0 Å². The largest absolute Gasteiger partial charge is 0.449 e. The van der Waals surface area contributed by atoms with Crippen molar-refractivity contribution >= 4 is 38.4 Å². The van der Waals surface area contributed by atoms with E-state index in [-0.39, 0.29) is 16.5 Å². The van der Waals surface area contributed by atoms with Gasteiger partial charge in [0.15, 0.2) is 6.10 Å². The number of rotatable bonds is 8. The molecule has 0 fully saturated rings. The van der Waals surface area contributed by atoms with Crippen molar-refractivity contribution in [3.63, 3.8) is 0 Å². The molecule has 0 aliphatic carbocycles. The van der Waals surface area contributed by atoms with Crippen molar-refractivity contribution in [2.24, 2.45) is 0 Å². The van der Waals surface area contributed by atoms with Crippen LogP contribution in [-0.2, 0) is 19.6 Å². The number of ether oxygens (including phenoxy) is 1. The van der Waals surface area contributed by atoms with Crippen LogP contribution in [0.5, 0.6) is 0 Å². The van der Waals surface area contributed by atoms with E-state index in [0.29, 0.717) is 12.1 Å². The number of fused-ring (bicyclic) bond motifs is 1. The Kier molecular flexibility index (Phi) is 7.27. The topological polar surface area (TPSA) is 102 Å². The van der Waals surface area contributed by atoms with Gasteiger partial charge in [-0.1, -0.05) is 43.3 Å². The first-order chi connectivity index (χ1) is 15.2. The van der Waals surface area contributed by atoms with Crippen molar-refractivity contribution in [2.75, 3.05) is 5.32 Å². The molecule has 32 heavy (non-hydrogen) atoms. The van der Waals surface area contributed by atoms with Crippen LogP contribution in [0.25, 0.3) is 10.8 Å². The van der Waals surface area contributed by atoms with Crippen LogP contribution in [0.1, 0.15) is 37.6 Å². The molecule has 168 valence electrons. The fourth-order valence-electron chi connectivity index (χ4n) is 3.04. The molecule has 0 radical (unpaired) electrons. The van der Waals surface area contributed by atoms with E-state index in [9.17, 15) is 18.0 Å². The minimum absolute atomic E-state index is 0.0519. The van der Waals surface area contributed by atoms with Gasteiger partial charge in [0.25, 0.3) is 5.91 Å². The first kappa shape index (κ1) is 23.4. The van der Waals surface area contributed by atoms with Crippen LogP contribution < -0.4 is 10.0 Å². The van der Waals surface area contributed by atoms with Crippen molar-refractivity contribution in [3.8, 4) is 0 Å².